The number of rotatable bonds is 4. The fourth-order valence-corrected chi connectivity index (χ4v) is 2.46. The number of nitrogens with zero attached hydrogens (tertiary/aromatic N) is 4. The van der Waals surface area contributed by atoms with Crippen molar-refractivity contribution in [3.63, 3.8) is 0 Å². The first-order valence-corrected chi connectivity index (χ1v) is 6.69. The Hall–Kier alpha value is -1.40. The smallest absolute Gasteiger partial charge is 0.354 e. The van der Waals surface area contributed by atoms with Gasteiger partial charge in [0.15, 0.2) is 0 Å². The molecule has 1 fully saturated rings. The van der Waals surface area contributed by atoms with Gasteiger partial charge in [-0.1, -0.05) is 0 Å². The summed E-state index contributed by atoms with van der Waals surface area (Å²) >= 11 is 0. The van der Waals surface area contributed by atoms with Crippen LogP contribution in [0.1, 0.15) is 36.2 Å². The molecule has 6 nitrogen and oxygen atoms in total. The Kier molecular flexibility index (Phi) is 4.21. The molecule has 1 aliphatic heterocycles. The molecule has 0 atom stereocenters. The second-order valence-corrected chi connectivity index (χ2v) is 5.41. The van der Waals surface area contributed by atoms with Crippen molar-refractivity contribution in [3.8, 4) is 0 Å². The highest BCUT2D eigenvalue weighted by Gasteiger charge is 2.21. The minimum atomic E-state index is -0.911. The summed E-state index contributed by atoms with van der Waals surface area (Å²) in [7, 11) is 2.12. The molecule has 1 aromatic rings. The number of carboxylic acids is 1. The summed E-state index contributed by atoms with van der Waals surface area (Å²) in [5, 5.41) is 9.19. The van der Waals surface area contributed by atoms with E-state index in [-0.39, 0.29) is 11.7 Å². The van der Waals surface area contributed by atoms with Gasteiger partial charge in [-0.2, -0.15) is 0 Å². The lowest BCUT2D eigenvalue weighted by molar-refractivity contribution is 0.0682. The third-order valence-electron chi connectivity index (χ3n) is 3.57. The first-order valence-electron chi connectivity index (χ1n) is 6.69. The first-order chi connectivity index (χ1) is 8.99. The monoisotopic (exact) mass is 266 g/mol. The molecule has 0 saturated carbocycles. The predicted octanol–water partition coefficient (Wildman–Crippen LogP) is 0.910. The zero-order valence-electron chi connectivity index (χ0n) is 11.8. The van der Waals surface area contributed by atoms with Crippen LogP contribution in [0, 0.1) is 0 Å². The Labute approximate surface area is 113 Å². The Bertz CT molecular complexity index is 447. The van der Waals surface area contributed by atoms with Gasteiger partial charge in [0.1, 0.15) is 11.5 Å². The number of carbonyl (C=O) groups is 1. The van der Waals surface area contributed by atoms with Gasteiger partial charge in [-0.25, -0.2) is 9.78 Å². The maximum absolute atomic E-state index is 11.2. The van der Waals surface area contributed by atoms with E-state index in [1.54, 1.807) is 0 Å². The Morgan fingerprint density at radius 1 is 1.37 bits per heavy atom. The zero-order valence-corrected chi connectivity index (χ0v) is 11.8. The Morgan fingerprint density at radius 3 is 2.53 bits per heavy atom. The molecule has 106 valence electrons. The van der Waals surface area contributed by atoms with Gasteiger partial charge in [0, 0.05) is 32.2 Å². The number of piperazine rings is 1. The Morgan fingerprint density at radius 2 is 2.00 bits per heavy atom. The molecule has 6 heteroatoms. The van der Waals surface area contributed by atoms with Gasteiger partial charge < -0.3 is 14.6 Å². The van der Waals surface area contributed by atoms with Crippen LogP contribution in [0.3, 0.4) is 0 Å². The molecule has 2 rings (SSSR count). The average molecular weight is 266 g/mol. The highest BCUT2D eigenvalue weighted by Crippen LogP contribution is 2.16. The summed E-state index contributed by atoms with van der Waals surface area (Å²) in [5.74, 6) is -0.0669. The maximum Gasteiger partial charge on any atom is 0.354 e. The second-order valence-electron chi connectivity index (χ2n) is 5.41. The number of aromatic nitrogens is 2. The molecule has 0 aliphatic carbocycles. The molecule has 1 saturated heterocycles. The quantitative estimate of drug-likeness (QED) is 0.877. The number of imidazole rings is 1. The van der Waals surface area contributed by atoms with Crippen LogP contribution in [-0.2, 0) is 6.54 Å². The van der Waals surface area contributed by atoms with Gasteiger partial charge in [-0.3, -0.25) is 4.90 Å². The molecule has 0 unspecified atom stereocenters. The summed E-state index contributed by atoms with van der Waals surface area (Å²) in [6.07, 6.45) is 1.47. The van der Waals surface area contributed by atoms with Crippen LogP contribution in [0.25, 0.3) is 0 Å². The van der Waals surface area contributed by atoms with Crippen molar-refractivity contribution >= 4 is 5.97 Å². The molecule has 0 radical (unpaired) electrons. The predicted molar refractivity (Wildman–Crippen MR) is 72.3 cm³/mol. The van der Waals surface area contributed by atoms with Gasteiger partial charge in [-0.05, 0) is 20.9 Å². The SMILES string of the molecule is CC(C)n1c(C(=O)O)cnc1CN1CCN(C)CC1. The normalized spacial score (nSPS) is 18.1. The highest BCUT2D eigenvalue weighted by atomic mass is 16.4. The van der Waals surface area contributed by atoms with E-state index >= 15 is 0 Å². The molecule has 19 heavy (non-hydrogen) atoms. The van der Waals surface area contributed by atoms with E-state index < -0.39 is 5.97 Å². The van der Waals surface area contributed by atoms with Gasteiger partial charge in [0.2, 0.25) is 0 Å². The number of carboxylic acid groups (broad SMARTS) is 1. The van der Waals surface area contributed by atoms with E-state index in [0.717, 1.165) is 38.5 Å². The van der Waals surface area contributed by atoms with Crippen LogP contribution < -0.4 is 0 Å². The molecule has 1 N–H and O–H groups in total. The van der Waals surface area contributed by atoms with Crippen molar-refractivity contribution in [1.29, 1.82) is 0 Å². The van der Waals surface area contributed by atoms with Gasteiger partial charge in [0.05, 0.1) is 12.7 Å². The topological polar surface area (TPSA) is 61.6 Å². The number of likely N-dealkylation sites (N-methyl/N-ethyl adjacent to an activating group) is 1. The zero-order chi connectivity index (χ0) is 14.0. The standard InChI is InChI=1S/C13H22N4O2/c1-10(2)17-11(13(18)19)8-14-12(17)9-16-6-4-15(3)5-7-16/h8,10H,4-7,9H2,1-3H3,(H,18,19). The van der Waals surface area contributed by atoms with Crippen LogP contribution >= 0.6 is 0 Å². The maximum atomic E-state index is 11.2. The van der Waals surface area contributed by atoms with E-state index in [0.29, 0.717) is 0 Å². The summed E-state index contributed by atoms with van der Waals surface area (Å²) in [6, 6.07) is 0.107. The molecule has 0 spiro atoms. The molecule has 1 aromatic heterocycles. The molecular weight excluding hydrogens is 244 g/mol. The van der Waals surface area contributed by atoms with Gasteiger partial charge in [-0.15, -0.1) is 0 Å². The van der Waals surface area contributed by atoms with Crippen molar-refractivity contribution < 1.29 is 9.90 Å². The van der Waals surface area contributed by atoms with E-state index in [9.17, 15) is 9.90 Å². The second kappa shape index (κ2) is 5.71. The fourth-order valence-electron chi connectivity index (χ4n) is 2.46. The highest BCUT2D eigenvalue weighted by molar-refractivity contribution is 5.85. The van der Waals surface area contributed by atoms with E-state index in [1.165, 1.54) is 6.20 Å². The van der Waals surface area contributed by atoms with Crippen LogP contribution in [0.15, 0.2) is 6.20 Å². The summed E-state index contributed by atoms with van der Waals surface area (Å²) < 4.78 is 1.82. The van der Waals surface area contributed by atoms with Crippen molar-refractivity contribution in [1.82, 2.24) is 19.4 Å². The van der Waals surface area contributed by atoms with Crippen molar-refractivity contribution in [2.75, 3.05) is 33.2 Å². The van der Waals surface area contributed by atoms with Gasteiger partial charge in [0.25, 0.3) is 0 Å². The lowest BCUT2D eigenvalue weighted by Gasteiger charge is -2.32. The van der Waals surface area contributed by atoms with Crippen molar-refractivity contribution in [2.45, 2.75) is 26.4 Å². The van der Waals surface area contributed by atoms with Gasteiger partial charge >= 0.3 is 5.97 Å². The molecule has 0 bridgehead atoms. The van der Waals surface area contributed by atoms with E-state index in [4.69, 9.17) is 0 Å². The van der Waals surface area contributed by atoms with E-state index in [2.05, 4.69) is 21.8 Å². The summed E-state index contributed by atoms with van der Waals surface area (Å²) in [5.41, 5.74) is 0.277. The molecule has 1 aliphatic rings. The van der Waals surface area contributed by atoms with Crippen LogP contribution in [-0.4, -0.2) is 63.7 Å². The Balaban J connectivity index is 2.14. The minimum Gasteiger partial charge on any atom is -0.477 e. The fraction of sp³-hybridized carbons (Fsp3) is 0.692. The largest absolute Gasteiger partial charge is 0.477 e. The summed E-state index contributed by atoms with van der Waals surface area (Å²) in [4.78, 5) is 20.1. The lowest BCUT2D eigenvalue weighted by Crippen LogP contribution is -2.44. The number of aromatic carboxylic acids is 1. The van der Waals surface area contributed by atoms with E-state index in [1.807, 2.05) is 18.4 Å². The third kappa shape index (κ3) is 3.13. The van der Waals surface area contributed by atoms with Crippen molar-refractivity contribution in [3.05, 3.63) is 17.7 Å². The molecule has 2 heterocycles. The van der Waals surface area contributed by atoms with Crippen LogP contribution in [0.4, 0.5) is 0 Å². The summed E-state index contributed by atoms with van der Waals surface area (Å²) in [6.45, 7) is 8.80. The minimum absolute atomic E-state index is 0.107. The van der Waals surface area contributed by atoms with Crippen LogP contribution in [0.2, 0.25) is 0 Å². The molecular formula is C13H22N4O2. The number of hydrogen-bond acceptors (Lipinski definition) is 4. The lowest BCUT2D eigenvalue weighted by atomic mass is 10.3. The number of hydrogen-bond donors (Lipinski definition) is 1. The average Bonchev–Trinajstić information content (AvgIpc) is 2.76. The molecule has 0 amide bonds. The third-order valence-corrected chi connectivity index (χ3v) is 3.57. The molecule has 0 aromatic carbocycles. The van der Waals surface area contributed by atoms with Crippen LogP contribution in [0.5, 0.6) is 0 Å². The first kappa shape index (κ1) is 14.0. The van der Waals surface area contributed by atoms with Crippen molar-refractivity contribution in [2.24, 2.45) is 0 Å².